The van der Waals surface area contributed by atoms with E-state index in [4.69, 9.17) is 27.9 Å². The molecule has 5 rings (SSSR count). The summed E-state index contributed by atoms with van der Waals surface area (Å²) in [6, 6.07) is 11.8. The van der Waals surface area contributed by atoms with E-state index in [0.717, 1.165) is 10.2 Å². The monoisotopic (exact) mass is 608 g/mol. The summed E-state index contributed by atoms with van der Waals surface area (Å²) in [5.41, 5.74) is 2.09. The van der Waals surface area contributed by atoms with Crippen LogP contribution in [0.2, 0.25) is 10.0 Å². The van der Waals surface area contributed by atoms with Gasteiger partial charge in [0.15, 0.2) is 5.82 Å². The number of aliphatic carboxylic acids is 1. The molecule has 1 amide bonds. The number of hydrogen-bond donors (Lipinski definition) is 2. The number of likely N-dealkylation sites (tertiary alicyclic amines) is 1. The van der Waals surface area contributed by atoms with Crippen molar-refractivity contribution in [2.75, 3.05) is 25.5 Å². The number of nitrogens with zero attached hydrogens (tertiary/aromatic N) is 5. The minimum Gasteiger partial charge on any atom is -0.481 e. The number of carboxylic acid groups (broad SMARTS) is 1. The normalized spacial score (nSPS) is 15.0. The van der Waals surface area contributed by atoms with Crippen LogP contribution in [0.5, 0.6) is 5.88 Å². The SMILES string of the molecule is COc1nc(-c2cccc(-c3cccc(NC(=O)c4ccnn(C)c4=O)c3Cl)c2Cl)ncc1CN1CCC(C(=O)O)C1. The van der Waals surface area contributed by atoms with Gasteiger partial charge in [-0.3, -0.25) is 19.3 Å². The van der Waals surface area contributed by atoms with Crippen molar-refractivity contribution >= 4 is 40.8 Å². The van der Waals surface area contributed by atoms with Crippen molar-refractivity contribution in [2.24, 2.45) is 13.0 Å². The van der Waals surface area contributed by atoms with Crippen LogP contribution in [0, 0.1) is 5.92 Å². The Labute approximate surface area is 250 Å². The molecule has 42 heavy (non-hydrogen) atoms. The molecule has 2 aromatic carbocycles. The van der Waals surface area contributed by atoms with E-state index in [-0.39, 0.29) is 16.5 Å². The number of aromatic nitrogens is 4. The summed E-state index contributed by atoms with van der Waals surface area (Å²) >= 11 is 13.6. The van der Waals surface area contributed by atoms with Crippen molar-refractivity contribution in [3.8, 4) is 28.4 Å². The molecule has 2 N–H and O–H groups in total. The topological polar surface area (TPSA) is 140 Å². The Morgan fingerprint density at radius 1 is 1.10 bits per heavy atom. The molecule has 1 unspecified atom stereocenters. The molecule has 11 nitrogen and oxygen atoms in total. The second-order valence-electron chi connectivity index (χ2n) is 9.75. The van der Waals surface area contributed by atoms with E-state index in [1.165, 1.54) is 26.4 Å². The molecule has 0 spiro atoms. The summed E-state index contributed by atoms with van der Waals surface area (Å²) in [5, 5.41) is 16.4. The molecule has 0 bridgehead atoms. The van der Waals surface area contributed by atoms with Crippen LogP contribution in [0.15, 0.2) is 59.7 Å². The predicted octanol–water partition coefficient (Wildman–Crippen LogP) is 4.38. The highest BCUT2D eigenvalue weighted by atomic mass is 35.5. The summed E-state index contributed by atoms with van der Waals surface area (Å²) in [6.07, 6.45) is 3.61. The van der Waals surface area contributed by atoms with Gasteiger partial charge in [-0.25, -0.2) is 9.67 Å². The molecule has 1 fully saturated rings. The van der Waals surface area contributed by atoms with Crippen LogP contribution in [0.3, 0.4) is 0 Å². The quantitative estimate of drug-likeness (QED) is 0.298. The fourth-order valence-corrected chi connectivity index (χ4v) is 5.43. The second kappa shape index (κ2) is 12.3. The van der Waals surface area contributed by atoms with Gasteiger partial charge in [0.05, 0.1) is 28.8 Å². The molecule has 0 saturated carbocycles. The molecular weight excluding hydrogens is 583 g/mol. The molecule has 0 aliphatic carbocycles. The van der Waals surface area contributed by atoms with E-state index >= 15 is 0 Å². The first-order chi connectivity index (χ1) is 20.2. The number of carboxylic acids is 1. The van der Waals surface area contributed by atoms with Crippen molar-refractivity contribution in [3.05, 3.63) is 86.4 Å². The van der Waals surface area contributed by atoms with Gasteiger partial charge in [-0.2, -0.15) is 10.1 Å². The minimum atomic E-state index is -0.793. The lowest BCUT2D eigenvalue weighted by atomic mass is 10.0. The van der Waals surface area contributed by atoms with Gasteiger partial charge in [-0.15, -0.1) is 0 Å². The Morgan fingerprint density at radius 3 is 2.52 bits per heavy atom. The van der Waals surface area contributed by atoms with Crippen molar-refractivity contribution in [1.82, 2.24) is 24.6 Å². The molecule has 3 heterocycles. The lowest BCUT2D eigenvalue weighted by Crippen LogP contribution is -2.28. The van der Waals surface area contributed by atoms with E-state index in [0.29, 0.717) is 65.2 Å². The Hall–Kier alpha value is -4.32. The van der Waals surface area contributed by atoms with Crippen LogP contribution in [0.1, 0.15) is 22.3 Å². The maximum Gasteiger partial charge on any atom is 0.307 e. The van der Waals surface area contributed by atoms with E-state index < -0.39 is 17.4 Å². The maximum absolute atomic E-state index is 12.8. The summed E-state index contributed by atoms with van der Waals surface area (Å²) in [6.45, 7) is 1.57. The molecule has 2 aromatic heterocycles. The molecular formula is C29H26Cl2N6O5. The van der Waals surface area contributed by atoms with E-state index in [9.17, 15) is 19.5 Å². The van der Waals surface area contributed by atoms with Gasteiger partial charge in [0.25, 0.3) is 11.5 Å². The third-order valence-electron chi connectivity index (χ3n) is 7.06. The van der Waals surface area contributed by atoms with Crippen molar-refractivity contribution in [2.45, 2.75) is 13.0 Å². The zero-order valence-electron chi connectivity index (χ0n) is 22.7. The average Bonchev–Trinajstić information content (AvgIpc) is 3.45. The zero-order valence-corrected chi connectivity index (χ0v) is 24.2. The van der Waals surface area contributed by atoms with Gasteiger partial charge >= 0.3 is 5.97 Å². The van der Waals surface area contributed by atoms with Crippen molar-refractivity contribution in [3.63, 3.8) is 0 Å². The van der Waals surface area contributed by atoms with Crippen LogP contribution in [0.25, 0.3) is 22.5 Å². The van der Waals surface area contributed by atoms with Crippen molar-refractivity contribution < 1.29 is 19.4 Å². The molecule has 1 aliphatic rings. The lowest BCUT2D eigenvalue weighted by Gasteiger charge is -2.17. The first-order valence-corrected chi connectivity index (χ1v) is 13.7. The standard InChI is InChI=1S/C29H26Cl2N6O5/c1-36-28(39)21(9-11-33-36)26(38)34-22-8-4-6-19(24(22)31)18-5-3-7-20(23(18)30)25-32-13-17(27(35-25)42-2)15-37-12-10-16(14-37)29(40)41/h3-9,11,13,16H,10,12,14-15H2,1-2H3,(H,34,38)(H,40,41). The van der Waals surface area contributed by atoms with Gasteiger partial charge in [-0.1, -0.05) is 47.5 Å². The Kier molecular flexibility index (Phi) is 8.53. The van der Waals surface area contributed by atoms with E-state index in [1.54, 1.807) is 42.6 Å². The first-order valence-electron chi connectivity index (χ1n) is 12.9. The van der Waals surface area contributed by atoms with Gasteiger partial charge in [0.2, 0.25) is 5.88 Å². The number of carbonyl (C=O) groups is 2. The summed E-state index contributed by atoms with van der Waals surface area (Å²) in [5.74, 6) is -1.10. The number of methoxy groups -OCH3 is 1. The highest BCUT2D eigenvalue weighted by molar-refractivity contribution is 6.39. The molecule has 1 atom stereocenters. The van der Waals surface area contributed by atoms with Crippen LogP contribution >= 0.6 is 23.2 Å². The average molecular weight is 609 g/mol. The number of amides is 1. The zero-order chi connectivity index (χ0) is 30.0. The van der Waals surface area contributed by atoms with Gasteiger partial charge in [-0.05, 0) is 31.2 Å². The number of nitrogens with one attached hydrogen (secondary N) is 1. The third-order valence-corrected chi connectivity index (χ3v) is 7.87. The maximum atomic E-state index is 12.8. The number of rotatable bonds is 8. The predicted molar refractivity (Wildman–Crippen MR) is 158 cm³/mol. The van der Waals surface area contributed by atoms with Crippen LogP contribution < -0.4 is 15.6 Å². The summed E-state index contributed by atoms with van der Waals surface area (Å²) in [7, 11) is 2.97. The Morgan fingerprint density at radius 2 is 1.81 bits per heavy atom. The summed E-state index contributed by atoms with van der Waals surface area (Å²) < 4.78 is 6.62. The number of ether oxygens (including phenoxy) is 1. The van der Waals surface area contributed by atoms with E-state index in [1.807, 2.05) is 4.90 Å². The molecule has 4 aromatic rings. The molecule has 216 valence electrons. The number of halogens is 2. The Bertz CT molecular complexity index is 1740. The van der Waals surface area contributed by atoms with Crippen LogP contribution in [-0.2, 0) is 18.4 Å². The molecule has 1 saturated heterocycles. The fourth-order valence-electron chi connectivity index (χ4n) is 4.84. The molecule has 0 radical (unpaired) electrons. The van der Waals surface area contributed by atoms with Crippen molar-refractivity contribution in [1.29, 1.82) is 0 Å². The smallest absolute Gasteiger partial charge is 0.307 e. The summed E-state index contributed by atoms with van der Waals surface area (Å²) in [4.78, 5) is 47.7. The highest BCUT2D eigenvalue weighted by Crippen LogP contribution is 2.41. The minimum absolute atomic E-state index is 0.0741. The van der Waals surface area contributed by atoms with Gasteiger partial charge in [0.1, 0.15) is 5.56 Å². The lowest BCUT2D eigenvalue weighted by molar-refractivity contribution is -0.141. The number of hydrogen-bond acceptors (Lipinski definition) is 8. The number of aryl methyl sites for hydroxylation is 1. The second-order valence-corrected chi connectivity index (χ2v) is 10.5. The highest BCUT2D eigenvalue weighted by Gasteiger charge is 2.29. The van der Waals surface area contributed by atoms with Gasteiger partial charge in [0, 0.05) is 54.8 Å². The number of anilines is 1. The molecule has 1 aliphatic heterocycles. The third kappa shape index (κ3) is 5.85. The van der Waals surface area contributed by atoms with Gasteiger partial charge < -0.3 is 15.2 Å². The largest absolute Gasteiger partial charge is 0.481 e. The fraction of sp³-hybridized carbons (Fsp3) is 0.241. The first kappa shape index (κ1) is 29.2. The van der Waals surface area contributed by atoms with E-state index in [2.05, 4.69) is 20.4 Å². The number of benzene rings is 2. The number of carbonyl (C=O) groups excluding carboxylic acids is 1. The van der Waals surface area contributed by atoms with Crippen LogP contribution in [0.4, 0.5) is 5.69 Å². The Balaban J connectivity index is 1.43. The van der Waals surface area contributed by atoms with Crippen LogP contribution in [-0.4, -0.2) is 61.8 Å². The molecule has 13 heteroatoms.